The van der Waals surface area contributed by atoms with Gasteiger partial charge >= 0.3 is 36.4 Å². The summed E-state index contributed by atoms with van der Waals surface area (Å²) >= 11 is 25.6. The molecule has 2 aliphatic rings. The molecule has 0 fully saturated rings. The zero-order valence-electron chi connectivity index (χ0n) is 49.5. The highest BCUT2D eigenvalue weighted by molar-refractivity contribution is 7.89. The van der Waals surface area contributed by atoms with E-state index in [1.54, 1.807) is 48.3 Å². The second kappa shape index (κ2) is 38.1. The average molecular weight is 1460 g/mol. The van der Waals surface area contributed by atoms with Crippen LogP contribution < -0.4 is 20.1 Å². The summed E-state index contributed by atoms with van der Waals surface area (Å²) in [4.78, 5) is 57.6. The standard InChI is InChI=1S/C49H63Cl4N7O10S2.3C2HF3O2/c1-58-28-42(40-24-36(50)26-46(52)44(40)30-58)34-4-8-38(9-5-34)71(63,64)56-14-18-69-22-20-67-16-12-54-48(61)32-60(3)33-49(62)55-13-17-68-21-23-70-19-15-57-72(65,66)39-10-6-35(7-11-39)43-29-59(2)31-45-41(43)25-37(51)27-47(45)53;3*3-2(4,5)1(6)7/h4-11,24-27,42-43,56-57H,12-23,28-33H2,1-3H3,(H,54,61)(H,55,62);3*(H,6,7). The smallest absolute Gasteiger partial charge is 0.475 e. The first-order valence-electron chi connectivity index (χ1n) is 27.2. The molecule has 2 aliphatic heterocycles. The molecule has 2 heterocycles. The number of sulfonamides is 2. The first kappa shape index (κ1) is 81.5. The maximum Gasteiger partial charge on any atom is 0.490 e. The molecular formula is C55H66Cl4F9N7O16S2. The molecule has 0 aliphatic carbocycles. The number of rotatable bonds is 28. The Balaban J connectivity index is 0.000000921. The van der Waals surface area contributed by atoms with Crippen LogP contribution in [0.4, 0.5) is 39.5 Å². The van der Waals surface area contributed by atoms with Gasteiger partial charge in [0, 0.05) is 84.3 Å². The molecule has 93 heavy (non-hydrogen) atoms. The Morgan fingerprint density at radius 3 is 1.06 bits per heavy atom. The lowest BCUT2D eigenvalue weighted by Crippen LogP contribution is -2.42. The van der Waals surface area contributed by atoms with Gasteiger partial charge in [-0.05, 0) is 103 Å². The second-order valence-electron chi connectivity index (χ2n) is 20.1. The number of aliphatic carboxylic acids is 3. The molecule has 2 atom stereocenters. The molecule has 0 saturated heterocycles. The number of amides is 2. The monoisotopic (exact) mass is 1460 g/mol. The number of hydrogen-bond acceptors (Lipinski definition) is 16. The summed E-state index contributed by atoms with van der Waals surface area (Å²) in [5.41, 5.74) is 6.06. The fraction of sp³-hybridized carbons (Fsp3) is 0.473. The van der Waals surface area contributed by atoms with Crippen LogP contribution in [0.15, 0.2) is 82.6 Å². The van der Waals surface area contributed by atoms with E-state index in [0.29, 0.717) is 33.2 Å². The Bertz CT molecular complexity index is 3110. The molecule has 4 aromatic carbocycles. The normalized spacial score (nSPS) is 15.2. The third-order valence-electron chi connectivity index (χ3n) is 12.7. The van der Waals surface area contributed by atoms with Gasteiger partial charge in [0.05, 0.1) is 75.7 Å². The first-order chi connectivity index (χ1) is 43.2. The number of halogens is 13. The van der Waals surface area contributed by atoms with Gasteiger partial charge in [-0.3, -0.25) is 14.5 Å². The van der Waals surface area contributed by atoms with Gasteiger partial charge in [0.25, 0.3) is 0 Å². The van der Waals surface area contributed by atoms with E-state index < -0.39 is 56.5 Å². The minimum Gasteiger partial charge on any atom is -0.475 e. The third-order valence-corrected chi connectivity index (χ3v) is 16.7. The Kier molecular flexibility index (Phi) is 33.4. The molecule has 0 aromatic heterocycles. The number of carbonyl (C=O) groups excluding carboxylic acids is 2. The lowest BCUT2D eigenvalue weighted by molar-refractivity contribution is -0.193. The summed E-state index contributed by atoms with van der Waals surface area (Å²) in [5, 5.41) is 29.2. The van der Waals surface area contributed by atoms with Crippen molar-refractivity contribution >= 4 is 96.2 Å². The number of nitrogens with one attached hydrogen (secondary N) is 4. The van der Waals surface area contributed by atoms with E-state index in [0.717, 1.165) is 46.5 Å². The van der Waals surface area contributed by atoms with Crippen LogP contribution in [0.2, 0.25) is 20.1 Å². The number of carboxylic acid groups (broad SMARTS) is 3. The number of carboxylic acids is 3. The van der Waals surface area contributed by atoms with E-state index in [4.69, 9.17) is 95.1 Å². The lowest BCUT2D eigenvalue weighted by Gasteiger charge is -2.33. The van der Waals surface area contributed by atoms with Crippen molar-refractivity contribution in [1.82, 2.24) is 34.8 Å². The van der Waals surface area contributed by atoms with Gasteiger partial charge < -0.3 is 54.7 Å². The molecular weight excluding hydrogens is 1390 g/mol. The summed E-state index contributed by atoms with van der Waals surface area (Å²) in [6.45, 7) is 5.34. The van der Waals surface area contributed by atoms with Crippen molar-refractivity contribution in [3.05, 3.63) is 126 Å². The van der Waals surface area contributed by atoms with E-state index in [1.165, 1.54) is 0 Å². The van der Waals surface area contributed by atoms with Gasteiger partial charge in [-0.2, -0.15) is 39.5 Å². The molecule has 0 bridgehead atoms. The van der Waals surface area contributed by atoms with Gasteiger partial charge in [0.15, 0.2) is 0 Å². The predicted molar refractivity (Wildman–Crippen MR) is 320 cm³/mol. The van der Waals surface area contributed by atoms with E-state index in [1.807, 2.05) is 50.5 Å². The Morgan fingerprint density at radius 2 is 0.785 bits per heavy atom. The Morgan fingerprint density at radius 1 is 0.505 bits per heavy atom. The number of ether oxygens (including phenoxy) is 4. The van der Waals surface area contributed by atoms with Gasteiger partial charge in [-0.25, -0.2) is 40.7 Å². The number of carbonyl (C=O) groups is 5. The van der Waals surface area contributed by atoms with Crippen molar-refractivity contribution in [3.8, 4) is 0 Å². The topological polar surface area (TPSA) is 309 Å². The number of alkyl halides is 9. The van der Waals surface area contributed by atoms with Crippen LogP contribution in [0, 0.1) is 0 Å². The number of likely N-dealkylation sites (N-methyl/N-ethyl adjacent to an activating group) is 3. The first-order valence-corrected chi connectivity index (χ1v) is 31.7. The summed E-state index contributed by atoms with van der Waals surface area (Å²) in [6, 6.07) is 21.0. The zero-order valence-corrected chi connectivity index (χ0v) is 54.2. The summed E-state index contributed by atoms with van der Waals surface area (Å²) in [7, 11) is -1.82. The molecule has 23 nitrogen and oxygen atoms in total. The minimum absolute atomic E-state index is 0.00412. The van der Waals surface area contributed by atoms with Crippen LogP contribution in [-0.4, -0.2) is 221 Å². The number of nitrogens with zero attached hydrogens (tertiary/aromatic N) is 3. The van der Waals surface area contributed by atoms with Gasteiger partial charge in [0.1, 0.15) is 0 Å². The lowest BCUT2D eigenvalue weighted by atomic mass is 9.85. The molecule has 520 valence electrons. The van der Waals surface area contributed by atoms with Gasteiger partial charge in [-0.15, -0.1) is 0 Å². The van der Waals surface area contributed by atoms with Crippen LogP contribution in [0.1, 0.15) is 45.2 Å². The van der Waals surface area contributed by atoms with Crippen molar-refractivity contribution < 1.29 is 115 Å². The minimum atomic E-state index is -5.08. The summed E-state index contributed by atoms with van der Waals surface area (Å²) in [5.74, 6) is -8.82. The fourth-order valence-corrected chi connectivity index (χ4v) is 11.7. The molecule has 0 spiro atoms. The van der Waals surface area contributed by atoms with Crippen LogP contribution in [-0.2, 0) is 76.1 Å². The van der Waals surface area contributed by atoms with E-state index in [-0.39, 0.29) is 126 Å². The Labute approximate surface area is 548 Å². The molecule has 7 N–H and O–H groups in total. The number of benzene rings is 4. The van der Waals surface area contributed by atoms with Crippen LogP contribution in [0.5, 0.6) is 0 Å². The second-order valence-corrected chi connectivity index (χ2v) is 25.3. The van der Waals surface area contributed by atoms with Gasteiger partial charge in [-0.1, -0.05) is 70.7 Å². The number of fused-ring (bicyclic) bond motifs is 2. The van der Waals surface area contributed by atoms with E-state index in [2.05, 4.69) is 29.9 Å². The van der Waals surface area contributed by atoms with Crippen LogP contribution >= 0.6 is 46.4 Å². The fourth-order valence-electron chi connectivity index (χ4n) is 8.51. The average Bonchev–Trinajstić information content (AvgIpc) is 0.790. The molecule has 0 saturated carbocycles. The third kappa shape index (κ3) is 29.5. The molecule has 0 radical (unpaired) electrons. The SMILES string of the molecule is CN(CC(=O)NCCOCCOCCNS(=O)(=O)c1ccc(C2CN(C)Cc3c(Cl)cc(Cl)cc32)cc1)CC(=O)NCCOCCOCCNS(=O)(=O)c1ccc(C2CN(C)Cc3c(Cl)cc(Cl)cc32)cc1.O=C(O)C(F)(F)F.O=C(O)C(F)(F)F.O=C(O)C(F)(F)F. The quantitative estimate of drug-likeness (QED) is 0.0226. The summed E-state index contributed by atoms with van der Waals surface area (Å²) < 4.78 is 174. The summed E-state index contributed by atoms with van der Waals surface area (Å²) in [6.07, 6.45) is -15.3. The van der Waals surface area contributed by atoms with Crippen molar-refractivity contribution in [2.45, 2.75) is 53.2 Å². The van der Waals surface area contributed by atoms with Crippen LogP contribution in [0.25, 0.3) is 0 Å². The number of hydrogen-bond donors (Lipinski definition) is 7. The molecule has 2 unspecified atom stereocenters. The highest BCUT2D eigenvalue weighted by atomic mass is 35.5. The van der Waals surface area contributed by atoms with Gasteiger partial charge in [0.2, 0.25) is 31.9 Å². The van der Waals surface area contributed by atoms with Crippen molar-refractivity contribution in [2.75, 3.05) is 126 Å². The Hall–Kier alpha value is -5.70. The maximum absolute atomic E-state index is 12.9. The van der Waals surface area contributed by atoms with Crippen LogP contribution in [0.3, 0.4) is 0 Å². The molecule has 38 heteroatoms. The van der Waals surface area contributed by atoms with E-state index >= 15 is 0 Å². The predicted octanol–water partition coefficient (Wildman–Crippen LogP) is 6.84. The highest BCUT2D eigenvalue weighted by Crippen LogP contribution is 2.40. The molecule has 2 amide bonds. The zero-order chi connectivity index (χ0) is 70.1. The van der Waals surface area contributed by atoms with Crippen molar-refractivity contribution in [1.29, 1.82) is 0 Å². The molecule has 4 aromatic rings. The van der Waals surface area contributed by atoms with E-state index in [9.17, 15) is 65.9 Å². The maximum atomic E-state index is 12.9. The van der Waals surface area contributed by atoms with Crippen molar-refractivity contribution in [2.24, 2.45) is 0 Å². The van der Waals surface area contributed by atoms with Crippen molar-refractivity contribution in [3.63, 3.8) is 0 Å². The largest absolute Gasteiger partial charge is 0.490 e. The molecule has 6 rings (SSSR count). The highest BCUT2D eigenvalue weighted by Gasteiger charge is 2.40.